The number of hydrogen-bond acceptors (Lipinski definition) is 3. The lowest BCUT2D eigenvalue weighted by atomic mass is 9.94. The molecule has 1 saturated heterocycles. The smallest absolute Gasteiger partial charge is 0.273 e. The molecule has 3 aromatic rings. The fourth-order valence-electron chi connectivity index (χ4n) is 4.87. The van der Waals surface area contributed by atoms with Crippen LogP contribution in [0.25, 0.3) is 10.8 Å². The number of rotatable bonds is 2. The number of carbonyl (C=O) groups is 2. The van der Waals surface area contributed by atoms with E-state index in [9.17, 15) is 9.59 Å². The third-order valence-electron chi connectivity index (χ3n) is 6.05. The predicted octanol–water partition coefficient (Wildman–Crippen LogP) is 3.28. The lowest BCUT2D eigenvalue weighted by Crippen LogP contribution is -2.34. The summed E-state index contributed by atoms with van der Waals surface area (Å²) in [5, 5.41) is 5.00. The van der Waals surface area contributed by atoms with Gasteiger partial charge in [-0.2, -0.15) is 0 Å². The van der Waals surface area contributed by atoms with Crippen LogP contribution in [0.5, 0.6) is 0 Å². The Labute approximate surface area is 163 Å². The number of nitrogens with one attached hydrogen (secondary N) is 1. The van der Waals surface area contributed by atoms with Crippen LogP contribution in [0.1, 0.15) is 40.5 Å². The molecule has 2 aliphatic rings. The highest BCUT2D eigenvalue weighted by atomic mass is 16.2. The van der Waals surface area contributed by atoms with Gasteiger partial charge in [-0.25, -0.2) is 0 Å². The molecule has 0 spiro atoms. The van der Waals surface area contributed by atoms with E-state index in [4.69, 9.17) is 0 Å². The van der Waals surface area contributed by atoms with Crippen LogP contribution >= 0.6 is 0 Å². The standard InChI is InChI=1S/C23H21N3O2/c1-14(27)25-21-18-9-5-4-8-17(18)19-12-26(13-20(19)21)23(28)22-16-7-3-2-6-15(16)10-11-24-22/h2-11,19-21H,12-13H2,1H3,(H,25,27)/t19-,20-,21-/m0/s1. The second kappa shape index (κ2) is 6.44. The van der Waals surface area contributed by atoms with Crippen molar-refractivity contribution in [2.45, 2.75) is 18.9 Å². The molecule has 5 heteroatoms. The van der Waals surface area contributed by atoms with Crippen LogP contribution in [-0.2, 0) is 4.79 Å². The second-order valence-electron chi connectivity index (χ2n) is 7.67. The van der Waals surface area contributed by atoms with Crippen molar-refractivity contribution in [2.75, 3.05) is 13.1 Å². The number of benzene rings is 2. The predicted molar refractivity (Wildman–Crippen MR) is 107 cm³/mol. The van der Waals surface area contributed by atoms with E-state index in [2.05, 4.69) is 22.4 Å². The van der Waals surface area contributed by atoms with Crippen LogP contribution < -0.4 is 5.32 Å². The van der Waals surface area contributed by atoms with E-state index in [0.29, 0.717) is 18.8 Å². The van der Waals surface area contributed by atoms with Crippen LogP contribution in [0.2, 0.25) is 0 Å². The molecule has 1 aromatic heterocycles. The topological polar surface area (TPSA) is 62.3 Å². The first kappa shape index (κ1) is 16.9. The quantitative estimate of drug-likeness (QED) is 0.752. The third kappa shape index (κ3) is 2.58. The maximum absolute atomic E-state index is 13.3. The third-order valence-corrected chi connectivity index (χ3v) is 6.05. The first-order valence-corrected chi connectivity index (χ1v) is 9.62. The van der Waals surface area contributed by atoms with Crippen LogP contribution in [0.15, 0.2) is 60.8 Å². The first-order chi connectivity index (χ1) is 13.6. The molecule has 0 radical (unpaired) electrons. The van der Waals surface area contributed by atoms with Gasteiger partial charge in [0.05, 0.1) is 6.04 Å². The summed E-state index contributed by atoms with van der Waals surface area (Å²) >= 11 is 0. The summed E-state index contributed by atoms with van der Waals surface area (Å²) in [6.07, 6.45) is 1.70. The average Bonchev–Trinajstić information content (AvgIpc) is 3.26. The van der Waals surface area contributed by atoms with Crippen molar-refractivity contribution in [3.8, 4) is 0 Å². The van der Waals surface area contributed by atoms with Gasteiger partial charge in [0, 0.05) is 43.4 Å². The van der Waals surface area contributed by atoms with Gasteiger partial charge in [0.15, 0.2) is 0 Å². The molecule has 2 aromatic carbocycles. The Morgan fingerprint density at radius 1 is 1.00 bits per heavy atom. The summed E-state index contributed by atoms with van der Waals surface area (Å²) in [5.74, 6) is 0.360. The molecule has 1 aliphatic heterocycles. The zero-order valence-corrected chi connectivity index (χ0v) is 15.6. The van der Waals surface area contributed by atoms with Gasteiger partial charge in [0.25, 0.3) is 5.91 Å². The van der Waals surface area contributed by atoms with Crippen molar-refractivity contribution in [1.29, 1.82) is 0 Å². The van der Waals surface area contributed by atoms with Crippen molar-refractivity contribution < 1.29 is 9.59 Å². The number of nitrogens with zero attached hydrogens (tertiary/aromatic N) is 2. The molecule has 5 rings (SSSR count). The maximum Gasteiger partial charge on any atom is 0.273 e. The molecule has 5 nitrogen and oxygen atoms in total. The van der Waals surface area contributed by atoms with E-state index >= 15 is 0 Å². The SMILES string of the molecule is CC(=O)N[C@H]1c2ccccc2[C@@H]2CN(C(=O)c3nccc4ccccc34)C[C@@H]21. The van der Waals surface area contributed by atoms with Crippen LogP contribution in [0.3, 0.4) is 0 Å². The van der Waals surface area contributed by atoms with Gasteiger partial charge in [-0.1, -0.05) is 48.5 Å². The van der Waals surface area contributed by atoms with Crippen molar-refractivity contribution >= 4 is 22.6 Å². The average molecular weight is 371 g/mol. The summed E-state index contributed by atoms with van der Waals surface area (Å²) < 4.78 is 0. The van der Waals surface area contributed by atoms with E-state index in [-0.39, 0.29) is 29.7 Å². The molecule has 140 valence electrons. The Morgan fingerprint density at radius 3 is 2.57 bits per heavy atom. The first-order valence-electron chi connectivity index (χ1n) is 9.62. The summed E-state index contributed by atoms with van der Waals surface area (Å²) in [6.45, 7) is 2.82. The lowest BCUT2D eigenvalue weighted by Gasteiger charge is -2.22. The van der Waals surface area contributed by atoms with Gasteiger partial charge < -0.3 is 10.2 Å². The summed E-state index contributed by atoms with van der Waals surface area (Å²) in [5.41, 5.74) is 2.93. The number of likely N-dealkylation sites (tertiary alicyclic amines) is 1. The lowest BCUT2D eigenvalue weighted by molar-refractivity contribution is -0.120. The van der Waals surface area contributed by atoms with E-state index in [0.717, 1.165) is 10.8 Å². The fourth-order valence-corrected chi connectivity index (χ4v) is 4.87. The van der Waals surface area contributed by atoms with Crippen LogP contribution in [0.4, 0.5) is 0 Å². The Morgan fingerprint density at radius 2 is 1.75 bits per heavy atom. The van der Waals surface area contributed by atoms with E-state index in [1.165, 1.54) is 11.1 Å². The second-order valence-corrected chi connectivity index (χ2v) is 7.67. The van der Waals surface area contributed by atoms with Crippen molar-refractivity contribution in [1.82, 2.24) is 15.2 Å². The molecule has 0 saturated carbocycles. The Hall–Kier alpha value is -3.21. The zero-order chi connectivity index (χ0) is 19.3. The Kier molecular flexibility index (Phi) is 3.90. The van der Waals surface area contributed by atoms with Gasteiger partial charge in [-0.15, -0.1) is 0 Å². The highest BCUT2D eigenvalue weighted by molar-refractivity contribution is 6.05. The molecule has 1 fully saturated rings. The van der Waals surface area contributed by atoms with E-state index < -0.39 is 0 Å². The molecule has 3 atom stereocenters. The maximum atomic E-state index is 13.3. The molecule has 0 bridgehead atoms. The van der Waals surface area contributed by atoms with Gasteiger partial charge >= 0.3 is 0 Å². The molecule has 1 aliphatic carbocycles. The molecule has 0 unspecified atom stereocenters. The number of aromatic nitrogens is 1. The highest BCUT2D eigenvalue weighted by Gasteiger charge is 2.47. The number of amides is 2. The molecule has 2 amide bonds. The number of fused-ring (bicyclic) bond motifs is 4. The van der Waals surface area contributed by atoms with Crippen LogP contribution in [0, 0.1) is 5.92 Å². The van der Waals surface area contributed by atoms with E-state index in [1.54, 1.807) is 13.1 Å². The number of carbonyl (C=O) groups excluding carboxylic acids is 2. The summed E-state index contributed by atoms with van der Waals surface area (Å²) in [7, 11) is 0. The number of hydrogen-bond donors (Lipinski definition) is 1. The van der Waals surface area contributed by atoms with Gasteiger partial charge in [-0.3, -0.25) is 14.6 Å². The van der Waals surface area contributed by atoms with Crippen LogP contribution in [-0.4, -0.2) is 34.8 Å². The van der Waals surface area contributed by atoms with Gasteiger partial charge in [-0.05, 0) is 22.6 Å². The monoisotopic (exact) mass is 371 g/mol. The van der Waals surface area contributed by atoms with Crippen molar-refractivity contribution in [3.63, 3.8) is 0 Å². The van der Waals surface area contributed by atoms with E-state index in [1.807, 2.05) is 47.4 Å². The summed E-state index contributed by atoms with van der Waals surface area (Å²) in [6, 6.07) is 18.0. The zero-order valence-electron chi connectivity index (χ0n) is 15.6. The summed E-state index contributed by atoms with van der Waals surface area (Å²) in [4.78, 5) is 31.4. The molecule has 1 N–H and O–H groups in total. The normalized spacial score (nSPS) is 22.8. The Bertz CT molecular complexity index is 1090. The fraction of sp³-hybridized carbons (Fsp3) is 0.261. The van der Waals surface area contributed by atoms with Crippen molar-refractivity contribution in [3.05, 3.63) is 77.6 Å². The molecular formula is C23H21N3O2. The minimum absolute atomic E-state index is 0.0368. The largest absolute Gasteiger partial charge is 0.349 e. The number of pyridine rings is 1. The minimum atomic E-state index is -0.0445. The van der Waals surface area contributed by atoms with Crippen molar-refractivity contribution in [2.24, 2.45) is 5.92 Å². The highest BCUT2D eigenvalue weighted by Crippen LogP contribution is 2.49. The molecular weight excluding hydrogens is 350 g/mol. The molecule has 28 heavy (non-hydrogen) atoms. The Balaban J connectivity index is 1.49. The van der Waals surface area contributed by atoms with Gasteiger partial charge in [0.1, 0.15) is 5.69 Å². The van der Waals surface area contributed by atoms with Gasteiger partial charge in [0.2, 0.25) is 5.91 Å². The molecule has 2 heterocycles. The minimum Gasteiger partial charge on any atom is -0.349 e.